The van der Waals surface area contributed by atoms with Gasteiger partial charge in [-0.3, -0.25) is 0 Å². The fourth-order valence-electron chi connectivity index (χ4n) is 4.27. The van der Waals surface area contributed by atoms with Gasteiger partial charge >= 0.3 is 5.97 Å². The van der Waals surface area contributed by atoms with Gasteiger partial charge in [-0.15, -0.1) is 0 Å². The average molecular weight is 417 g/mol. The standard InChI is InChI=1S/C28H29FO2/c1-3-5-6-7-19-8-10-21(11-9-19)22-13-15-23(16-14-22)25-18-24-17-12-20(4-2)27(29)26(24)28(30)31-25/h8-17,25H,3-7,18H2,1-2H3. The van der Waals surface area contributed by atoms with Crippen LogP contribution in [-0.2, 0) is 24.0 Å². The van der Waals surface area contributed by atoms with Crippen molar-refractivity contribution in [2.45, 2.75) is 58.5 Å². The van der Waals surface area contributed by atoms with E-state index in [-0.39, 0.29) is 11.7 Å². The minimum atomic E-state index is -0.568. The highest BCUT2D eigenvalue weighted by atomic mass is 19.1. The number of unbranched alkanes of at least 4 members (excludes halogenated alkanes) is 2. The number of halogens is 1. The van der Waals surface area contributed by atoms with Gasteiger partial charge in [0, 0.05) is 6.42 Å². The highest BCUT2D eigenvalue weighted by molar-refractivity contribution is 5.93. The van der Waals surface area contributed by atoms with Crippen molar-refractivity contribution >= 4 is 5.97 Å². The first-order chi connectivity index (χ1) is 15.1. The summed E-state index contributed by atoms with van der Waals surface area (Å²) in [5.74, 6) is -1.00. The maximum atomic E-state index is 14.6. The first-order valence-electron chi connectivity index (χ1n) is 11.3. The molecule has 0 N–H and O–H groups in total. The number of esters is 1. The van der Waals surface area contributed by atoms with Crippen LogP contribution in [0, 0.1) is 5.82 Å². The summed E-state index contributed by atoms with van der Waals surface area (Å²) in [5, 5.41) is 0. The van der Waals surface area contributed by atoms with Crippen molar-refractivity contribution < 1.29 is 13.9 Å². The van der Waals surface area contributed by atoms with Crippen molar-refractivity contribution in [3.05, 3.63) is 94.3 Å². The molecule has 0 radical (unpaired) electrons. The Labute approximate surface area is 184 Å². The van der Waals surface area contributed by atoms with E-state index in [9.17, 15) is 9.18 Å². The molecule has 1 unspecified atom stereocenters. The lowest BCUT2D eigenvalue weighted by Gasteiger charge is -2.26. The number of fused-ring (bicyclic) bond motifs is 1. The van der Waals surface area contributed by atoms with Gasteiger partial charge in [0.1, 0.15) is 11.9 Å². The maximum absolute atomic E-state index is 14.6. The van der Waals surface area contributed by atoms with E-state index >= 15 is 0 Å². The van der Waals surface area contributed by atoms with Gasteiger partial charge in [-0.2, -0.15) is 0 Å². The molecule has 0 fully saturated rings. The predicted octanol–water partition coefficient (Wildman–Crippen LogP) is 7.24. The Balaban J connectivity index is 1.49. The van der Waals surface area contributed by atoms with Gasteiger partial charge in [0.15, 0.2) is 0 Å². The van der Waals surface area contributed by atoms with E-state index < -0.39 is 11.8 Å². The second-order valence-electron chi connectivity index (χ2n) is 8.30. The molecule has 1 aliphatic rings. The van der Waals surface area contributed by atoms with Crippen LogP contribution in [0.1, 0.15) is 71.8 Å². The molecule has 1 heterocycles. The lowest BCUT2D eigenvalue weighted by atomic mass is 9.91. The minimum absolute atomic E-state index is 0.103. The SMILES string of the molecule is CCCCCc1ccc(-c2ccc(C3Cc4ccc(CC)c(F)c4C(=O)O3)cc2)cc1. The summed E-state index contributed by atoms with van der Waals surface area (Å²) in [6, 6.07) is 20.5. The van der Waals surface area contributed by atoms with E-state index in [1.54, 1.807) is 6.07 Å². The van der Waals surface area contributed by atoms with E-state index in [1.165, 1.54) is 30.4 Å². The number of carbonyl (C=O) groups is 1. The van der Waals surface area contributed by atoms with Gasteiger partial charge in [0.25, 0.3) is 0 Å². The zero-order valence-corrected chi connectivity index (χ0v) is 18.3. The van der Waals surface area contributed by atoms with Crippen molar-refractivity contribution in [3.8, 4) is 11.1 Å². The third-order valence-electron chi connectivity index (χ3n) is 6.19. The first-order valence-corrected chi connectivity index (χ1v) is 11.3. The summed E-state index contributed by atoms with van der Waals surface area (Å²) in [7, 11) is 0. The Bertz CT molecular complexity index is 1050. The van der Waals surface area contributed by atoms with Crippen molar-refractivity contribution in [2.75, 3.05) is 0 Å². The van der Waals surface area contributed by atoms with E-state index in [0.29, 0.717) is 18.4 Å². The molecule has 2 nitrogen and oxygen atoms in total. The number of rotatable bonds is 7. The average Bonchev–Trinajstić information content (AvgIpc) is 2.80. The van der Waals surface area contributed by atoms with Gasteiger partial charge in [-0.05, 0) is 52.6 Å². The molecule has 0 spiro atoms. The molecule has 1 aliphatic heterocycles. The molecule has 0 saturated carbocycles. The van der Waals surface area contributed by atoms with E-state index in [2.05, 4.69) is 43.3 Å². The minimum Gasteiger partial charge on any atom is -0.453 e. The van der Waals surface area contributed by atoms with Crippen LogP contribution in [0.3, 0.4) is 0 Å². The number of aryl methyl sites for hydroxylation is 2. The maximum Gasteiger partial charge on any atom is 0.342 e. The number of benzene rings is 3. The molecule has 31 heavy (non-hydrogen) atoms. The lowest BCUT2D eigenvalue weighted by Crippen LogP contribution is -2.23. The Morgan fingerprint density at radius 1 is 0.903 bits per heavy atom. The predicted molar refractivity (Wildman–Crippen MR) is 123 cm³/mol. The van der Waals surface area contributed by atoms with Crippen molar-refractivity contribution in [3.63, 3.8) is 0 Å². The molecule has 0 bridgehead atoms. The van der Waals surface area contributed by atoms with Crippen LogP contribution < -0.4 is 0 Å². The van der Waals surface area contributed by atoms with Gasteiger partial charge in [0.2, 0.25) is 0 Å². The van der Waals surface area contributed by atoms with E-state index in [1.807, 2.05) is 25.1 Å². The number of hydrogen-bond donors (Lipinski definition) is 0. The fourth-order valence-corrected chi connectivity index (χ4v) is 4.27. The molecule has 0 saturated heterocycles. The molecule has 4 rings (SSSR count). The Morgan fingerprint density at radius 3 is 2.23 bits per heavy atom. The van der Waals surface area contributed by atoms with Crippen molar-refractivity contribution in [1.82, 2.24) is 0 Å². The second kappa shape index (κ2) is 9.47. The zero-order chi connectivity index (χ0) is 21.8. The summed E-state index contributed by atoms with van der Waals surface area (Å²) >= 11 is 0. The lowest BCUT2D eigenvalue weighted by molar-refractivity contribution is 0.0245. The Kier molecular flexibility index (Phi) is 6.50. The van der Waals surface area contributed by atoms with E-state index in [0.717, 1.165) is 23.1 Å². The quantitative estimate of drug-likeness (QED) is 0.300. The summed E-state index contributed by atoms with van der Waals surface area (Å²) in [4.78, 5) is 12.5. The fraction of sp³-hybridized carbons (Fsp3) is 0.321. The highest BCUT2D eigenvalue weighted by Gasteiger charge is 2.31. The molecule has 3 aromatic rings. The van der Waals surface area contributed by atoms with Crippen LogP contribution in [0.5, 0.6) is 0 Å². The van der Waals surface area contributed by atoms with Crippen LogP contribution >= 0.6 is 0 Å². The van der Waals surface area contributed by atoms with Crippen LogP contribution in [0.25, 0.3) is 11.1 Å². The molecule has 0 aliphatic carbocycles. The number of ether oxygens (including phenoxy) is 1. The van der Waals surface area contributed by atoms with E-state index in [4.69, 9.17) is 4.74 Å². The highest BCUT2D eigenvalue weighted by Crippen LogP contribution is 2.34. The number of carbonyl (C=O) groups excluding carboxylic acids is 1. The van der Waals surface area contributed by atoms with Crippen LogP contribution in [0.2, 0.25) is 0 Å². The number of cyclic esters (lactones) is 1. The molecule has 160 valence electrons. The van der Waals surface area contributed by atoms with Gasteiger partial charge < -0.3 is 4.74 Å². The Morgan fingerprint density at radius 2 is 1.58 bits per heavy atom. The topological polar surface area (TPSA) is 26.3 Å². The summed E-state index contributed by atoms with van der Waals surface area (Å²) in [6.45, 7) is 4.10. The van der Waals surface area contributed by atoms with Crippen LogP contribution in [0.4, 0.5) is 4.39 Å². The first kappa shape index (κ1) is 21.3. The molecule has 1 atom stereocenters. The smallest absolute Gasteiger partial charge is 0.342 e. The molecule has 0 amide bonds. The molecular formula is C28H29FO2. The van der Waals surface area contributed by atoms with Crippen LogP contribution in [0.15, 0.2) is 60.7 Å². The monoisotopic (exact) mass is 416 g/mol. The summed E-state index contributed by atoms with van der Waals surface area (Å²) in [6.07, 6.45) is 5.53. The van der Waals surface area contributed by atoms with Crippen molar-refractivity contribution in [1.29, 1.82) is 0 Å². The third-order valence-corrected chi connectivity index (χ3v) is 6.19. The molecular weight excluding hydrogens is 387 g/mol. The second-order valence-corrected chi connectivity index (χ2v) is 8.30. The Hall–Kier alpha value is -2.94. The zero-order valence-electron chi connectivity index (χ0n) is 18.3. The van der Waals surface area contributed by atoms with Crippen molar-refractivity contribution in [2.24, 2.45) is 0 Å². The normalized spacial score (nSPS) is 15.5. The van der Waals surface area contributed by atoms with Gasteiger partial charge in [-0.25, -0.2) is 9.18 Å². The summed E-state index contributed by atoms with van der Waals surface area (Å²) in [5.41, 5.74) is 5.98. The summed E-state index contributed by atoms with van der Waals surface area (Å²) < 4.78 is 20.2. The number of hydrogen-bond acceptors (Lipinski definition) is 2. The van der Waals surface area contributed by atoms with Crippen LogP contribution in [-0.4, -0.2) is 5.97 Å². The molecule has 0 aromatic heterocycles. The third kappa shape index (κ3) is 4.56. The van der Waals surface area contributed by atoms with Gasteiger partial charge in [-0.1, -0.05) is 87.4 Å². The largest absolute Gasteiger partial charge is 0.453 e. The molecule has 3 heteroatoms. The van der Waals surface area contributed by atoms with Gasteiger partial charge in [0.05, 0.1) is 5.56 Å². The molecule has 3 aromatic carbocycles.